The first kappa shape index (κ1) is 24.6. The lowest BCUT2D eigenvalue weighted by atomic mass is 10.1. The molecule has 0 aliphatic rings. The van der Waals surface area contributed by atoms with Gasteiger partial charge in [-0.3, -0.25) is 10.1 Å². The third-order valence-electron chi connectivity index (χ3n) is 4.57. The lowest BCUT2D eigenvalue weighted by Crippen LogP contribution is -2.26. The van der Waals surface area contributed by atoms with Gasteiger partial charge in [0.05, 0.1) is 13.2 Å². The molecular weight excluding hydrogens is 464 g/mol. The molecule has 0 aliphatic heterocycles. The quantitative estimate of drug-likeness (QED) is 0.413. The molecule has 176 valence electrons. The molecule has 11 heteroatoms. The molecule has 0 aliphatic carbocycles. The Morgan fingerprint density at radius 2 is 1.70 bits per heavy atom. The van der Waals surface area contributed by atoms with E-state index >= 15 is 0 Å². The third-order valence-corrected chi connectivity index (χ3v) is 7.32. The first-order chi connectivity index (χ1) is 15.7. The van der Waals surface area contributed by atoms with Gasteiger partial charge in [-0.2, -0.15) is 0 Å². The first-order valence-electron chi connectivity index (χ1n) is 10.4. The van der Waals surface area contributed by atoms with Gasteiger partial charge in [0, 0.05) is 11.6 Å². The summed E-state index contributed by atoms with van der Waals surface area (Å²) in [5.74, 6) is 0.741. The zero-order chi connectivity index (χ0) is 24.0. The maximum Gasteiger partial charge on any atom is 0.270 e. The molecule has 2 N–H and O–H groups in total. The van der Waals surface area contributed by atoms with Gasteiger partial charge in [0.25, 0.3) is 15.9 Å². The standard InChI is InChI=1S/C22H26N4O5S2/c1-5-30-18-12-11-17(13-19(18)31-6-2)15(4)26-33(28,29)22-25-24-21(32-22)23-20(27)16-9-7-14(3)8-10-16/h7-13,15,26H,5-6H2,1-4H3,(H,23,24,27). The van der Waals surface area contributed by atoms with Crippen LogP contribution < -0.4 is 19.5 Å². The molecule has 1 amide bonds. The Morgan fingerprint density at radius 1 is 1.03 bits per heavy atom. The van der Waals surface area contributed by atoms with Gasteiger partial charge >= 0.3 is 0 Å². The molecule has 1 aromatic heterocycles. The number of carbonyl (C=O) groups excluding carboxylic acids is 1. The molecule has 1 unspecified atom stereocenters. The lowest BCUT2D eigenvalue weighted by Gasteiger charge is -2.16. The van der Waals surface area contributed by atoms with Crippen LogP contribution in [0.15, 0.2) is 46.8 Å². The Balaban J connectivity index is 1.71. The molecular formula is C22H26N4O5S2. The van der Waals surface area contributed by atoms with Crippen molar-refractivity contribution in [3.63, 3.8) is 0 Å². The summed E-state index contributed by atoms with van der Waals surface area (Å²) in [5, 5.41) is 10.2. The van der Waals surface area contributed by atoms with Crippen LogP contribution in [0.1, 0.15) is 48.3 Å². The highest BCUT2D eigenvalue weighted by Crippen LogP contribution is 2.31. The SMILES string of the molecule is CCOc1ccc(C(C)NS(=O)(=O)c2nnc(NC(=O)c3ccc(C)cc3)s2)cc1OCC. The molecule has 0 radical (unpaired) electrons. The molecule has 0 fully saturated rings. The van der Waals surface area contributed by atoms with Gasteiger partial charge in [0.1, 0.15) is 0 Å². The first-order valence-corrected chi connectivity index (χ1v) is 12.7. The summed E-state index contributed by atoms with van der Waals surface area (Å²) in [6.07, 6.45) is 0. The number of nitrogens with one attached hydrogen (secondary N) is 2. The molecule has 0 saturated carbocycles. The monoisotopic (exact) mass is 490 g/mol. The van der Waals surface area contributed by atoms with Crippen molar-refractivity contribution < 1.29 is 22.7 Å². The number of anilines is 1. The van der Waals surface area contributed by atoms with E-state index in [9.17, 15) is 13.2 Å². The Kier molecular flexibility index (Phi) is 8.01. The molecule has 0 bridgehead atoms. The summed E-state index contributed by atoms with van der Waals surface area (Å²) in [5.41, 5.74) is 2.16. The molecule has 3 aromatic rings. The highest BCUT2D eigenvalue weighted by molar-refractivity contribution is 7.91. The van der Waals surface area contributed by atoms with Crippen LogP contribution >= 0.6 is 11.3 Å². The molecule has 1 atom stereocenters. The minimum Gasteiger partial charge on any atom is -0.490 e. The number of ether oxygens (including phenoxy) is 2. The van der Waals surface area contributed by atoms with Crippen molar-refractivity contribution in [1.29, 1.82) is 0 Å². The Hall–Kier alpha value is -3.02. The predicted octanol–water partition coefficient (Wildman–Crippen LogP) is 3.94. The van der Waals surface area contributed by atoms with Gasteiger partial charge in [-0.1, -0.05) is 35.1 Å². The fourth-order valence-corrected chi connectivity index (χ4v) is 5.07. The minimum atomic E-state index is -3.97. The number of sulfonamides is 1. The average molecular weight is 491 g/mol. The van der Waals surface area contributed by atoms with Crippen molar-refractivity contribution in [2.75, 3.05) is 18.5 Å². The van der Waals surface area contributed by atoms with Gasteiger partial charge in [0.2, 0.25) is 9.47 Å². The molecule has 33 heavy (non-hydrogen) atoms. The second kappa shape index (κ2) is 10.7. The highest BCUT2D eigenvalue weighted by Gasteiger charge is 2.24. The second-order valence-corrected chi connectivity index (χ2v) is 9.97. The van der Waals surface area contributed by atoms with Crippen LogP contribution in [0.5, 0.6) is 11.5 Å². The van der Waals surface area contributed by atoms with E-state index in [4.69, 9.17) is 9.47 Å². The lowest BCUT2D eigenvalue weighted by molar-refractivity contribution is 0.102. The molecule has 9 nitrogen and oxygen atoms in total. The summed E-state index contributed by atoms with van der Waals surface area (Å²) in [4.78, 5) is 12.3. The molecule has 2 aromatic carbocycles. The number of nitrogens with zero attached hydrogens (tertiary/aromatic N) is 2. The number of hydrogen-bond acceptors (Lipinski definition) is 8. The van der Waals surface area contributed by atoms with Crippen LogP contribution in [0.3, 0.4) is 0 Å². The van der Waals surface area contributed by atoms with E-state index in [0.717, 1.165) is 16.9 Å². The predicted molar refractivity (Wildman–Crippen MR) is 127 cm³/mol. The Morgan fingerprint density at radius 3 is 2.36 bits per heavy atom. The normalized spacial score (nSPS) is 12.2. The number of hydrogen-bond donors (Lipinski definition) is 2. The maximum absolute atomic E-state index is 12.8. The number of aryl methyl sites for hydroxylation is 1. The zero-order valence-corrected chi connectivity index (χ0v) is 20.4. The fourth-order valence-electron chi connectivity index (χ4n) is 2.93. The van der Waals surface area contributed by atoms with E-state index < -0.39 is 22.0 Å². The minimum absolute atomic E-state index is 0.0910. The van der Waals surface area contributed by atoms with E-state index in [-0.39, 0.29) is 9.47 Å². The van der Waals surface area contributed by atoms with Crippen molar-refractivity contribution in [3.8, 4) is 11.5 Å². The topological polar surface area (TPSA) is 120 Å². The van der Waals surface area contributed by atoms with Crippen molar-refractivity contribution in [1.82, 2.24) is 14.9 Å². The van der Waals surface area contributed by atoms with Crippen molar-refractivity contribution in [2.24, 2.45) is 0 Å². The third kappa shape index (κ3) is 6.28. The summed E-state index contributed by atoms with van der Waals surface area (Å²) in [6.45, 7) is 8.30. The van der Waals surface area contributed by atoms with Crippen LogP contribution in [0.2, 0.25) is 0 Å². The van der Waals surface area contributed by atoms with Crippen LogP contribution in [-0.2, 0) is 10.0 Å². The average Bonchev–Trinajstić information content (AvgIpc) is 3.25. The maximum atomic E-state index is 12.8. The van der Waals surface area contributed by atoms with Crippen LogP contribution in [0.25, 0.3) is 0 Å². The van der Waals surface area contributed by atoms with Gasteiger partial charge in [-0.15, -0.1) is 10.2 Å². The van der Waals surface area contributed by atoms with E-state index in [1.807, 2.05) is 32.9 Å². The van der Waals surface area contributed by atoms with Crippen LogP contribution in [0, 0.1) is 6.92 Å². The van der Waals surface area contributed by atoms with Crippen molar-refractivity contribution >= 4 is 32.4 Å². The van der Waals surface area contributed by atoms with Gasteiger partial charge < -0.3 is 9.47 Å². The summed E-state index contributed by atoms with van der Waals surface area (Å²) >= 11 is 0.774. The van der Waals surface area contributed by atoms with Gasteiger partial charge in [-0.05, 0) is 57.5 Å². The molecule has 1 heterocycles. The number of rotatable bonds is 10. The Labute approximate surface area is 197 Å². The fraction of sp³-hybridized carbons (Fsp3) is 0.318. The van der Waals surface area contributed by atoms with Gasteiger partial charge in [0.15, 0.2) is 11.5 Å². The van der Waals surface area contributed by atoms with Gasteiger partial charge in [-0.25, -0.2) is 13.1 Å². The molecule has 3 rings (SSSR count). The van der Waals surface area contributed by atoms with E-state index in [1.54, 1.807) is 37.3 Å². The highest BCUT2D eigenvalue weighted by atomic mass is 32.2. The smallest absolute Gasteiger partial charge is 0.270 e. The summed E-state index contributed by atoms with van der Waals surface area (Å²) < 4.78 is 39.2. The number of amides is 1. The zero-order valence-electron chi connectivity index (χ0n) is 18.8. The van der Waals surface area contributed by atoms with E-state index in [1.165, 1.54) is 0 Å². The summed E-state index contributed by atoms with van der Waals surface area (Å²) in [6, 6.07) is 11.7. The molecule has 0 spiro atoms. The number of carbonyl (C=O) groups is 1. The Bertz CT molecular complexity index is 1210. The van der Waals surface area contributed by atoms with Crippen LogP contribution in [-0.4, -0.2) is 37.7 Å². The molecule has 0 saturated heterocycles. The largest absolute Gasteiger partial charge is 0.490 e. The second-order valence-electron chi connectivity index (χ2n) is 7.11. The number of benzene rings is 2. The van der Waals surface area contributed by atoms with Crippen molar-refractivity contribution in [3.05, 3.63) is 59.2 Å². The van der Waals surface area contributed by atoms with Crippen LogP contribution in [0.4, 0.5) is 5.13 Å². The van der Waals surface area contributed by atoms with E-state index in [0.29, 0.717) is 35.8 Å². The van der Waals surface area contributed by atoms with E-state index in [2.05, 4.69) is 20.2 Å². The van der Waals surface area contributed by atoms with Crippen molar-refractivity contribution in [2.45, 2.75) is 38.1 Å². The number of aromatic nitrogens is 2. The summed E-state index contributed by atoms with van der Waals surface area (Å²) in [7, 11) is -3.97.